The molecule has 1 N–H and O–H groups in total. The third-order valence-corrected chi connectivity index (χ3v) is 4.09. The zero-order chi connectivity index (χ0) is 18.8. The van der Waals surface area contributed by atoms with E-state index in [9.17, 15) is 4.79 Å². The van der Waals surface area contributed by atoms with Crippen LogP contribution < -0.4 is 10.1 Å². The number of hydrogen-bond donors (Lipinski definition) is 1. The van der Waals surface area contributed by atoms with Gasteiger partial charge in [0.2, 0.25) is 5.91 Å². The van der Waals surface area contributed by atoms with Gasteiger partial charge in [0.15, 0.2) is 5.65 Å². The number of rotatable bonds is 4. The number of pyridine rings is 1. The number of carbonyl (C=O) groups excluding carboxylic acids is 1. The Balaban J connectivity index is 1.80. The van der Waals surface area contributed by atoms with Gasteiger partial charge in [0.1, 0.15) is 5.75 Å². The zero-order valence-corrected chi connectivity index (χ0v) is 14.9. The number of ether oxygens (including phenoxy) is 1. The molecule has 0 radical (unpaired) electrons. The van der Waals surface area contributed by atoms with Crippen LogP contribution in [0.5, 0.6) is 5.75 Å². The molecule has 4 rings (SSSR count). The molecule has 0 bridgehead atoms. The van der Waals surface area contributed by atoms with Crippen LogP contribution >= 0.6 is 0 Å². The third-order valence-electron chi connectivity index (χ3n) is 4.09. The SMILES string of the molecule is COc1cncc(-c2ccc3ncc(-c4cccc(NC(C)=O)c4)n3n2)c1. The smallest absolute Gasteiger partial charge is 0.221 e. The maximum Gasteiger partial charge on any atom is 0.221 e. The first-order valence-electron chi connectivity index (χ1n) is 8.36. The van der Waals surface area contributed by atoms with Gasteiger partial charge in [-0.3, -0.25) is 9.78 Å². The number of nitrogens with zero attached hydrogens (tertiary/aromatic N) is 4. The lowest BCUT2D eigenvalue weighted by Crippen LogP contribution is -2.05. The van der Waals surface area contributed by atoms with Gasteiger partial charge in [-0.2, -0.15) is 5.10 Å². The van der Waals surface area contributed by atoms with Crippen molar-refractivity contribution in [3.05, 3.63) is 61.1 Å². The second kappa shape index (κ2) is 6.87. The van der Waals surface area contributed by atoms with Crippen LogP contribution in [0.15, 0.2) is 61.1 Å². The normalized spacial score (nSPS) is 10.7. The molecule has 0 unspecified atom stereocenters. The van der Waals surface area contributed by atoms with Gasteiger partial charge >= 0.3 is 0 Å². The molecule has 0 aliphatic carbocycles. The van der Waals surface area contributed by atoms with Crippen molar-refractivity contribution >= 4 is 17.2 Å². The number of aromatic nitrogens is 4. The molecule has 1 amide bonds. The number of methoxy groups -OCH3 is 1. The number of fused-ring (bicyclic) bond motifs is 1. The van der Waals surface area contributed by atoms with E-state index in [-0.39, 0.29) is 5.91 Å². The molecular weight excluding hydrogens is 342 g/mol. The van der Waals surface area contributed by atoms with Gasteiger partial charge in [-0.05, 0) is 30.3 Å². The second-order valence-corrected chi connectivity index (χ2v) is 6.01. The Labute approximate surface area is 155 Å². The summed E-state index contributed by atoms with van der Waals surface area (Å²) in [7, 11) is 1.60. The van der Waals surface area contributed by atoms with Crippen LogP contribution in [-0.4, -0.2) is 32.6 Å². The number of anilines is 1. The predicted octanol–water partition coefficient (Wildman–Crippen LogP) is 3.43. The number of benzene rings is 1. The number of imidazole rings is 1. The summed E-state index contributed by atoms with van der Waals surface area (Å²) in [5.74, 6) is 0.555. The Bertz CT molecular complexity index is 1140. The number of hydrogen-bond acceptors (Lipinski definition) is 5. The summed E-state index contributed by atoms with van der Waals surface area (Å²) in [6.45, 7) is 1.48. The largest absolute Gasteiger partial charge is 0.495 e. The molecule has 3 aromatic heterocycles. The molecule has 3 heterocycles. The lowest BCUT2D eigenvalue weighted by atomic mass is 10.1. The molecule has 27 heavy (non-hydrogen) atoms. The molecule has 7 nitrogen and oxygen atoms in total. The van der Waals surface area contributed by atoms with Crippen molar-refractivity contribution in [2.24, 2.45) is 0 Å². The van der Waals surface area contributed by atoms with Gasteiger partial charge < -0.3 is 10.1 Å². The summed E-state index contributed by atoms with van der Waals surface area (Å²) < 4.78 is 7.02. The van der Waals surface area contributed by atoms with Crippen LogP contribution in [-0.2, 0) is 4.79 Å². The molecule has 0 aliphatic rings. The average molecular weight is 359 g/mol. The lowest BCUT2D eigenvalue weighted by Gasteiger charge is -2.07. The molecular formula is C20H17N5O2. The summed E-state index contributed by atoms with van der Waals surface area (Å²) in [4.78, 5) is 19.9. The van der Waals surface area contributed by atoms with Gasteiger partial charge in [0.05, 0.1) is 30.9 Å². The molecule has 0 aliphatic heterocycles. The van der Waals surface area contributed by atoms with Crippen molar-refractivity contribution in [2.45, 2.75) is 6.92 Å². The molecule has 0 fully saturated rings. The van der Waals surface area contributed by atoms with Crippen LogP contribution in [0.25, 0.3) is 28.2 Å². The Hall–Kier alpha value is -3.74. The first-order chi connectivity index (χ1) is 13.1. The summed E-state index contributed by atoms with van der Waals surface area (Å²) in [5, 5.41) is 7.51. The van der Waals surface area contributed by atoms with Crippen molar-refractivity contribution in [1.82, 2.24) is 19.6 Å². The summed E-state index contributed by atoms with van der Waals surface area (Å²) in [6.07, 6.45) is 5.16. The molecule has 0 atom stereocenters. The first kappa shape index (κ1) is 16.7. The van der Waals surface area contributed by atoms with Crippen LogP contribution in [0.4, 0.5) is 5.69 Å². The van der Waals surface area contributed by atoms with E-state index in [2.05, 4.69) is 15.3 Å². The minimum absolute atomic E-state index is 0.115. The summed E-state index contributed by atoms with van der Waals surface area (Å²) >= 11 is 0. The van der Waals surface area contributed by atoms with Gasteiger partial charge in [-0.15, -0.1) is 0 Å². The van der Waals surface area contributed by atoms with Gasteiger partial charge in [-0.1, -0.05) is 12.1 Å². The molecule has 0 spiro atoms. The molecule has 7 heteroatoms. The minimum atomic E-state index is -0.115. The number of nitrogens with one attached hydrogen (secondary N) is 1. The van der Waals surface area contributed by atoms with E-state index in [1.54, 1.807) is 30.2 Å². The van der Waals surface area contributed by atoms with Gasteiger partial charge in [0.25, 0.3) is 0 Å². The topological polar surface area (TPSA) is 81.4 Å². The fourth-order valence-electron chi connectivity index (χ4n) is 2.85. The molecule has 1 aromatic carbocycles. The quantitative estimate of drug-likeness (QED) is 0.604. The standard InChI is InChI=1S/C20H17N5O2/c1-13(26)23-16-5-3-4-14(8-16)19-12-22-20-7-6-18(24-25(19)20)15-9-17(27-2)11-21-10-15/h3-12H,1-2H3,(H,23,26). The fraction of sp³-hybridized carbons (Fsp3) is 0.100. The van der Waals surface area contributed by atoms with Crippen molar-refractivity contribution < 1.29 is 9.53 Å². The number of carbonyl (C=O) groups is 1. The monoisotopic (exact) mass is 359 g/mol. The lowest BCUT2D eigenvalue weighted by molar-refractivity contribution is -0.114. The Morgan fingerprint density at radius 2 is 1.96 bits per heavy atom. The van der Waals surface area contributed by atoms with E-state index in [0.717, 1.165) is 33.8 Å². The van der Waals surface area contributed by atoms with Crippen molar-refractivity contribution in [3.63, 3.8) is 0 Å². The van der Waals surface area contributed by atoms with E-state index >= 15 is 0 Å². The van der Waals surface area contributed by atoms with E-state index < -0.39 is 0 Å². The second-order valence-electron chi connectivity index (χ2n) is 6.01. The highest BCUT2D eigenvalue weighted by molar-refractivity contribution is 5.89. The van der Waals surface area contributed by atoms with Gasteiger partial charge in [-0.25, -0.2) is 9.50 Å². The predicted molar refractivity (Wildman–Crippen MR) is 103 cm³/mol. The van der Waals surface area contributed by atoms with Crippen molar-refractivity contribution in [3.8, 4) is 28.3 Å². The van der Waals surface area contributed by atoms with Gasteiger partial charge in [0, 0.05) is 29.9 Å². The number of amides is 1. The zero-order valence-electron chi connectivity index (χ0n) is 14.9. The van der Waals surface area contributed by atoms with E-state index in [1.165, 1.54) is 6.92 Å². The van der Waals surface area contributed by atoms with E-state index in [0.29, 0.717) is 5.75 Å². The summed E-state index contributed by atoms with van der Waals surface area (Å²) in [6, 6.07) is 13.3. The maximum absolute atomic E-state index is 11.3. The maximum atomic E-state index is 11.3. The van der Waals surface area contributed by atoms with E-state index in [4.69, 9.17) is 9.84 Å². The van der Waals surface area contributed by atoms with Crippen LogP contribution in [0.1, 0.15) is 6.92 Å². The average Bonchev–Trinajstić information content (AvgIpc) is 3.11. The third kappa shape index (κ3) is 3.35. The van der Waals surface area contributed by atoms with Crippen LogP contribution in [0.2, 0.25) is 0 Å². The first-order valence-corrected chi connectivity index (χ1v) is 8.36. The summed E-state index contributed by atoms with van der Waals surface area (Å²) in [5.41, 5.74) is 4.80. The molecule has 134 valence electrons. The highest BCUT2D eigenvalue weighted by Crippen LogP contribution is 2.26. The highest BCUT2D eigenvalue weighted by atomic mass is 16.5. The van der Waals surface area contributed by atoms with Crippen LogP contribution in [0, 0.1) is 0 Å². The Morgan fingerprint density at radius 1 is 1.07 bits per heavy atom. The van der Waals surface area contributed by atoms with E-state index in [1.807, 2.05) is 42.5 Å². The highest BCUT2D eigenvalue weighted by Gasteiger charge is 2.10. The van der Waals surface area contributed by atoms with Crippen LogP contribution in [0.3, 0.4) is 0 Å². The molecule has 4 aromatic rings. The van der Waals surface area contributed by atoms with Crippen molar-refractivity contribution in [2.75, 3.05) is 12.4 Å². The van der Waals surface area contributed by atoms with Crippen molar-refractivity contribution in [1.29, 1.82) is 0 Å². The molecule has 0 saturated heterocycles. The molecule has 0 saturated carbocycles. The minimum Gasteiger partial charge on any atom is -0.495 e. The Morgan fingerprint density at radius 3 is 2.78 bits per heavy atom. The fourth-order valence-corrected chi connectivity index (χ4v) is 2.85. The Kier molecular flexibility index (Phi) is 4.25.